The summed E-state index contributed by atoms with van der Waals surface area (Å²) in [6.45, 7) is 4.15. The first-order valence-corrected chi connectivity index (χ1v) is 8.78. The number of aryl methyl sites for hydroxylation is 1. The van der Waals surface area contributed by atoms with Crippen molar-refractivity contribution in [1.82, 2.24) is 19.6 Å². The predicted molar refractivity (Wildman–Crippen MR) is 101 cm³/mol. The van der Waals surface area contributed by atoms with Crippen LogP contribution in [0.15, 0.2) is 42.7 Å². The van der Waals surface area contributed by atoms with Gasteiger partial charge in [0.15, 0.2) is 5.65 Å². The van der Waals surface area contributed by atoms with Crippen LogP contribution >= 0.6 is 15.9 Å². The van der Waals surface area contributed by atoms with Gasteiger partial charge >= 0.3 is 0 Å². The molecule has 0 fully saturated rings. The highest BCUT2D eigenvalue weighted by atomic mass is 79.9. The maximum Gasteiger partial charge on any atom is 0.171 e. The van der Waals surface area contributed by atoms with E-state index in [0.717, 1.165) is 39.1 Å². The lowest BCUT2D eigenvalue weighted by Gasteiger charge is -2.13. The van der Waals surface area contributed by atoms with Crippen molar-refractivity contribution >= 4 is 32.5 Å². The molecule has 2 aromatic carbocycles. The van der Waals surface area contributed by atoms with Crippen LogP contribution < -0.4 is 0 Å². The van der Waals surface area contributed by atoms with E-state index in [2.05, 4.69) is 58.2 Å². The van der Waals surface area contributed by atoms with Gasteiger partial charge in [-0.25, -0.2) is 4.98 Å². The van der Waals surface area contributed by atoms with Crippen LogP contribution in [-0.4, -0.2) is 19.6 Å². The Hall–Kier alpha value is -2.78. The Kier molecular flexibility index (Phi) is 3.74. The fourth-order valence-corrected chi connectivity index (χ4v) is 3.42. The molecule has 25 heavy (non-hydrogen) atoms. The summed E-state index contributed by atoms with van der Waals surface area (Å²) in [5.41, 5.74) is 5.38. The van der Waals surface area contributed by atoms with Gasteiger partial charge in [0.1, 0.15) is 12.2 Å². The molecule has 0 saturated carbocycles. The molecule has 1 unspecified atom stereocenters. The predicted octanol–water partition coefficient (Wildman–Crippen LogP) is 4.58. The van der Waals surface area contributed by atoms with E-state index in [-0.39, 0.29) is 4.83 Å². The summed E-state index contributed by atoms with van der Waals surface area (Å²) in [5, 5.41) is 18.6. The molecule has 4 rings (SSSR count). The van der Waals surface area contributed by atoms with Gasteiger partial charge in [0.2, 0.25) is 0 Å². The second kappa shape index (κ2) is 5.94. The SMILES string of the molecule is Cc1cc(C(C)Br)c2nc(-c3cccc(C#N)c3)n3cnnc3c2c1. The van der Waals surface area contributed by atoms with Gasteiger partial charge in [-0.1, -0.05) is 34.1 Å². The molecule has 4 aromatic rings. The highest BCUT2D eigenvalue weighted by Gasteiger charge is 2.17. The molecule has 0 radical (unpaired) electrons. The van der Waals surface area contributed by atoms with Gasteiger partial charge in [-0.3, -0.25) is 4.40 Å². The Morgan fingerprint density at radius 3 is 2.84 bits per heavy atom. The topological polar surface area (TPSA) is 66.9 Å². The maximum atomic E-state index is 9.19. The number of hydrogen-bond donors (Lipinski definition) is 0. The first-order chi connectivity index (χ1) is 12.1. The zero-order valence-electron chi connectivity index (χ0n) is 13.7. The molecule has 0 saturated heterocycles. The summed E-state index contributed by atoms with van der Waals surface area (Å²) in [4.78, 5) is 5.09. The monoisotopic (exact) mass is 391 g/mol. The molecule has 6 heteroatoms. The Balaban J connectivity index is 2.14. The van der Waals surface area contributed by atoms with Crippen molar-refractivity contribution in [3.8, 4) is 17.5 Å². The van der Waals surface area contributed by atoms with E-state index in [9.17, 15) is 5.26 Å². The van der Waals surface area contributed by atoms with E-state index >= 15 is 0 Å². The number of hydrogen-bond acceptors (Lipinski definition) is 4. The molecule has 0 spiro atoms. The van der Waals surface area contributed by atoms with E-state index in [1.54, 1.807) is 12.4 Å². The maximum absolute atomic E-state index is 9.19. The molecular weight excluding hydrogens is 378 g/mol. The average Bonchev–Trinajstić information content (AvgIpc) is 3.10. The highest BCUT2D eigenvalue weighted by Crippen LogP contribution is 2.33. The molecule has 0 aliphatic heterocycles. The van der Waals surface area contributed by atoms with Gasteiger partial charge in [0, 0.05) is 15.8 Å². The molecule has 122 valence electrons. The molecule has 0 aliphatic rings. The minimum Gasteiger partial charge on any atom is -0.265 e. The average molecular weight is 392 g/mol. The fraction of sp³-hybridized carbons (Fsp3) is 0.158. The van der Waals surface area contributed by atoms with Crippen molar-refractivity contribution in [2.45, 2.75) is 18.7 Å². The quantitative estimate of drug-likeness (QED) is 0.469. The zero-order valence-corrected chi connectivity index (χ0v) is 15.3. The Bertz CT molecular complexity index is 1150. The summed E-state index contributed by atoms with van der Waals surface area (Å²) in [6.07, 6.45) is 1.66. The summed E-state index contributed by atoms with van der Waals surface area (Å²) in [7, 11) is 0. The number of aromatic nitrogens is 4. The van der Waals surface area contributed by atoms with Crippen LogP contribution in [0.1, 0.15) is 28.4 Å². The third kappa shape index (κ3) is 2.57. The number of nitrogens with zero attached hydrogens (tertiary/aromatic N) is 5. The van der Waals surface area contributed by atoms with Gasteiger partial charge in [0.05, 0.1) is 17.1 Å². The van der Waals surface area contributed by atoms with Crippen molar-refractivity contribution in [3.05, 3.63) is 59.4 Å². The minimum atomic E-state index is 0.158. The van der Waals surface area contributed by atoms with Crippen LogP contribution in [-0.2, 0) is 0 Å². The Labute approximate surface area is 153 Å². The molecule has 2 heterocycles. The lowest BCUT2D eigenvalue weighted by molar-refractivity contribution is 1.08. The van der Waals surface area contributed by atoms with Gasteiger partial charge in [-0.05, 0) is 43.2 Å². The van der Waals surface area contributed by atoms with Crippen LogP contribution in [0.3, 0.4) is 0 Å². The first-order valence-electron chi connectivity index (χ1n) is 7.87. The fourth-order valence-electron chi connectivity index (χ4n) is 3.07. The van der Waals surface area contributed by atoms with Crippen LogP contribution in [0.5, 0.6) is 0 Å². The lowest BCUT2D eigenvalue weighted by Crippen LogP contribution is -2.00. The van der Waals surface area contributed by atoms with E-state index in [1.807, 2.05) is 22.6 Å². The second-order valence-electron chi connectivity index (χ2n) is 6.02. The molecule has 0 amide bonds. The largest absolute Gasteiger partial charge is 0.265 e. The van der Waals surface area contributed by atoms with Gasteiger partial charge < -0.3 is 0 Å². The number of halogens is 1. The molecule has 0 bridgehead atoms. The normalized spacial score (nSPS) is 12.4. The van der Waals surface area contributed by atoms with E-state index < -0.39 is 0 Å². The van der Waals surface area contributed by atoms with Gasteiger partial charge in [-0.15, -0.1) is 10.2 Å². The van der Waals surface area contributed by atoms with Crippen molar-refractivity contribution in [3.63, 3.8) is 0 Å². The van der Waals surface area contributed by atoms with E-state index in [4.69, 9.17) is 4.98 Å². The summed E-state index contributed by atoms with van der Waals surface area (Å²) in [5.74, 6) is 0.725. The summed E-state index contributed by atoms with van der Waals surface area (Å²) < 4.78 is 1.88. The minimum absolute atomic E-state index is 0.158. The molecule has 0 N–H and O–H groups in total. The number of alkyl halides is 1. The first kappa shape index (κ1) is 15.7. The van der Waals surface area contributed by atoms with Crippen LogP contribution in [0.2, 0.25) is 0 Å². The van der Waals surface area contributed by atoms with Gasteiger partial charge in [0.25, 0.3) is 0 Å². The van der Waals surface area contributed by atoms with Crippen molar-refractivity contribution in [1.29, 1.82) is 5.26 Å². The third-order valence-corrected chi connectivity index (χ3v) is 4.69. The molecule has 0 aliphatic carbocycles. The number of nitriles is 1. The van der Waals surface area contributed by atoms with Crippen LogP contribution in [0.25, 0.3) is 27.9 Å². The van der Waals surface area contributed by atoms with Crippen molar-refractivity contribution in [2.75, 3.05) is 0 Å². The molecule has 5 nitrogen and oxygen atoms in total. The highest BCUT2D eigenvalue weighted by molar-refractivity contribution is 9.09. The summed E-state index contributed by atoms with van der Waals surface area (Å²) in [6, 6.07) is 13.8. The zero-order chi connectivity index (χ0) is 17.6. The van der Waals surface area contributed by atoms with Crippen molar-refractivity contribution < 1.29 is 0 Å². The molecule has 1 atom stereocenters. The Morgan fingerprint density at radius 1 is 1.24 bits per heavy atom. The number of rotatable bonds is 2. The van der Waals surface area contributed by atoms with Crippen LogP contribution in [0.4, 0.5) is 0 Å². The van der Waals surface area contributed by atoms with E-state index in [0.29, 0.717) is 5.56 Å². The standard InChI is InChI=1S/C19H14BrN5/c1-11-6-15(12(2)20)17-16(7-11)19-24-22-10-25(19)18(23-17)14-5-3-4-13(8-14)9-21/h3-8,10,12H,1-2H3. The second-order valence-corrected chi connectivity index (χ2v) is 7.39. The number of benzene rings is 2. The van der Waals surface area contributed by atoms with E-state index in [1.165, 1.54) is 0 Å². The third-order valence-electron chi connectivity index (χ3n) is 4.20. The Morgan fingerprint density at radius 2 is 2.08 bits per heavy atom. The summed E-state index contributed by atoms with van der Waals surface area (Å²) >= 11 is 3.67. The lowest BCUT2D eigenvalue weighted by atomic mass is 10.0. The van der Waals surface area contributed by atoms with Gasteiger partial charge in [-0.2, -0.15) is 5.26 Å². The van der Waals surface area contributed by atoms with Crippen molar-refractivity contribution in [2.24, 2.45) is 0 Å². The molecular formula is C19H14BrN5. The smallest absolute Gasteiger partial charge is 0.171 e. The molecule has 2 aromatic heterocycles. The van der Waals surface area contributed by atoms with Crippen LogP contribution in [0, 0.1) is 18.3 Å². The number of fused-ring (bicyclic) bond motifs is 3.